The summed E-state index contributed by atoms with van der Waals surface area (Å²) in [5, 5.41) is 7.21. The maximum absolute atomic E-state index is 12.8. The molecule has 2 aromatic carbocycles. The maximum atomic E-state index is 12.8. The van der Waals surface area contributed by atoms with Crippen LogP contribution in [-0.4, -0.2) is 34.3 Å². The number of ether oxygens (including phenoxy) is 2. The van der Waals surface area contributed by atoms with Crippen molar-refractivity contribution in [3.8, 4) is 22.8 Å². The van der Waals surface area contributed by atoms with Gasteiger partial charge in [-0.2, -0.15) is 5.10 Å². The van der Waals surface area contributed by atoms with Gasteiger partial charge in [-0.15, -0.1) is 0 Å². The van der Waals surface area contributed by atoms with Gasteiger partial charge in [-0.25, -0.2) is 4.52 Å². The van der Waals surface area contributed by atoms with Crippen LogP contribution >= 0.6 is 0 Å². The lowest BCUT2D eigenvalue weighted by atomic mass is 10.1. The van der Waals surface area contributed by atoms with Crippen LogP contribution in [0.5, 0.6) is 11.5 Å². The second-order valence-electron chi connectivity index (χ2n) is 6.61. The number of hydrogen-bond acceptors (Lipinski definition) is 5. The number of benzene rings is 2. The Bertz CT molecular complexity index is 1240. The standard InChI is InChI=1S/C22H20N4O4/c1-29-17-10-16(11-18(12-17)30-2)23-21(27)14-25-8-9-26-20(22(25)28)13-19(24-26)15-6-4-3-5-7-15/h3-13H,14H2,1-2H3,(H,23,27). The Balaban J connectivity index is 1.57. The largest absolute Gasteiger partial charge is 0.497 e. The van der Waals surface area contributed by atoms with Crippen molar-refractivity contribution in [1.82, 2.24) is 14.2 Å². The number of nitrogens with one attached hydrogen (secondary N) is 1. The minimum absolute atomic E-state index is 0.138. The molecule has 0 aliphatic carbocycles. The molecule has 0 saturated heterocycles. The van der Waals surface area contributed by atoms with Crippen LogP contribution in [0.3, 0.4) is 0 Å². The maximum Gasteiger partial charge on any atom is 0.277 e. The van der Waals surface area contributed by atoms with Crippen molar-refractivity contribution in [3.05, 3.63) is 77.3 Å². The van der Waals surface area contributed by atoms with Gasteiger partial charge in [0, 0.05) is 41.8 Å². The number of rotatable bonds is 6. The number of aromatic nitrogens is 3. The molecular formula is C22H20N4O4. The van der Waals surface area contributed by atoms with E-state index in [4.69, 9.17) is 9.47 Å². The van der Waals surface area contributed by atoms with Gasteiger partial charge in [-0.3, -0.25) is 9.59 Å². The molecule has 1 N–H and O–H groups in total. The van der Waals surface area contributed by atoms with Crippen LogP contribution in [0, 0.1) is 0 Å². The van der Waals surface area contributed by atoms with Gasteiger partial charge in [0.25, 0.3) is 5.56 Å². The Labute approximate surface area is 172 Å². The first-order valence-electron chi connectivity index (χ1n) is 9.24. The SMILES string of the molecule is COc1cc(NC(=O)Cn2ccn3nc(-c4ccccc4)cc3c2=O)cc(OC)c1. The van der Waals surface area contributed by atoms with E-state index in [0.717, 1.165) is 5.56 Å². The van der Waals surface area contributed by atoms with Crippen molar-refractivity contribution >= 4 is 17.1 Å². The van der Waals surface area contributed by atoms with E-state index in [9.17, 15) is 9.59 Å². The molecule has 152 valence electrons. The third kappa shape index (κ3) is 3.88. The highest BCUT2D eigenvalue weighted by Crippen LogP contribution is 2.25. The number of fused-ring (bicyclic) bond motifs is 1. The minimum Gasteiger partial charge on any atom is -0.497 e. The summed E-state index contributed by atoms with van der Waals surface area (Å²) in [6.45, 7) is -0.138. The molecule has 0 atom stereocenters. The average molecular weight is 404 g/mol. The zero-order valence-electron chi connectivity index (χ0n) is 16.5. The summed E-state index contributed by atoms with van der Waals surface area (Å²) < 4.78 is 13.3. The average Bonchev–Trinajstić information content (AvgIpc) is 3.21. The molecule has 30 heavy (non-hydrogen) atoms. The lowest BCUT2D eigenvalue weighted by Crippen LogP contribution is -2.28. The normalized spacial score (nSPS) is 10.7. The van der Waals surface area contributed by atoms with E-state index in [1.807, 2.05) is 30.3 Å². The van der Waals surface area contributed by atoms with Crippen LogP contribution in [0.4, 0.5) is 5.69 Å². The van der Waals surface area contributed by atoms with E-state index in [-0.39, 0.29) is 18.0 Å². The molecule has 0 fully saturated rings. The Kier molecular flexibility index (Phi) is 5.21. The molecular weight excluding hydrogens is 384 g/mol. The first kappa shape index (κ1) is 19.3. The van der Waals surface area contributed by atoms with Crippen molar-refractivity contribution < 1.29 is 14.3 Å². The third-order valence-corrected chi connectivity index (χ3v) is 4.62. The molecule has 0 aliphatic heterocycles. The summed E-state index contributed by atoms with van der Waals surface area (Å²) in [6, 6.07) is 16.4. The predicted molar refractivity (Wildman–Crippen MR) is 113 cm³/mol. The Morgan fingerprint density at radius 2 is 1.70 bits per heavy atom. The molecule has 2 heterocycles. The van der Waals surface area contributed by atoms with E-state index in [1.54, 1.807) is 36.7 Å². The minimum atomic E-state index is -0.348. The molecule has 0 spiro atoms. The predicted octanol–water partition coefficient (Wildman–Crippen LogP) is 2.82. The fourth-order valence-corrected chi connectivity index (χ4v) is 3.14. The molecule has 8 heteroatoms. The fraction of sp³-hybridized carbons (Fsp3) is 0.136. The van der Waals surface area contributed by atoms with Gasteiger partial charge in [-0.05, 0) is 6.07 Å². The molecule has 4 aromatic rings. The molecule has 4 rings (SSSR count). The van der Waals surface area contributed by atoms with Crippen LogP contribution in [0.1, 0.15) is 0 Å². The van der Waals surface area contributed by atoms with E-state index < -0.39 is 0 Å². The van der Waals surface area contributed by atoms with E-state index in [2.05, 4.69) is 10.4 Å². The van der Waals surface area contributed by atoms with Crippen LogP contribution in [-0.2, 0) is 11.3 Å². The molecule has 0 bridgehead atoms. The number of hydrogen-bond donors (Lipinski definition) is 1. The lowest BCUT2D eigenvalue weighted by molar-refractivity contribution is -0.116. The smallest absolute Gasteiger partial charge is 0.277 e. The molecule has 2 aromatic heterocycles. The molecule has 1 amide bonds. The van der Waals surface area contributed by atoms with Crippen molar-refractivity contribution in [1.29, 1.82) is 0 Å². The number of amides is 1. The van der Waals surface area contributed by atoms with Gasteiger partial charge in [-0.1, -0.05) is 30.3 Å². The Morgan fingerprint density at radius 1 is 1.00 bits per heavy atom. The number of nitrogens with zero attached hydrogens (tertiary/aromatic N) is 3. The van der Waals surface area contributed by atoms with E-state index in [1.165, 1.54) is 23.3 Å². The molecule has 0 saturated carbocycles. The summed E-state index contributed by atoms with van der Waals surface area (Å²) in [4.78, 5) is 25.4. The van der Waals surface area contributed by atoms with Crippen LogP contribution in [0.25, 0.3) is 16.8 Å². The monoisotopic (exact) mass is 404 g/mol. The quantitative estimate of drug-likeness (QED) is 0.534. The summed E-state index contributed by atoms with van der Waals surface area (Å²) in [5.41, 5.74) is 2.22. The first-order valence-corrected chi connectivity index (χ1v) is 9.24. The van der Waals surface area contributed by atoms with Gasteiger partial charge in [0.15, 0.2) is 0 Å². The summed E-state index contributed by atoms with van der Waals surface area (Å²) >= 11 is 0. The van der Waals surface area contributed by atoms with E-state index >= 15 is 0 Å². The zero-order chi connectivity index (χ0) is 21.1. The first-order chi connectivity index (χ1) is 14.6. The van der Waals surface area contributed by atoms with Crippen LogP contribution < -0.4 is 20.3 Å². The Morgan fingerprint density at radius 3 is 2.37 bits per heavy atom. The number of carbonyl (C=O) groups excluding carboxylic acids is 1. The van der Waals surface area contributed by atoms with Crippen molar-refractivity contribution in [2.45, 2.75) is 6.54 Å². The Hall–Kier alpha value is -4.07. The van der Waals surface area contributed by atoms with Crippen molar-refractivity contribution in [3.63, 3.8) is 0 Å². The zero-order valence-corrected chi connectivity index (χ0v) is 16.5. The van der Waals surface area contributed by atoms with Gasteiger partial charge < -0.3 is 19.4 Å². The van der Waals surface area contributed by atoms with Gasteiger partial charge in [0.1, 0.15) is 23.6 Å². The highest BCUT2D eigenvalue weighted by Gasteiger charge is 2.12. The van der Waals surface area contributed by atoms with Gasteiger partial charge in [0.2, 0.25) is 5.91 Å². The lowest BCUT2D eigenvalue weighted by Gasteiger charge is -2.11. The molecule has 8 nitrogen and oxygen atoms in total. The second-order valence-corrected chi connectivity index (χ2v) is 6.61. The molecule has 0 unspecified atom stereocenters. The highest BCUT2D eigenvalue weighted by atomic mass is 16.5. The fourth-order valence-electron chi connectivity index (χ4n) is 3.14. The number of carbonyl (C=O) groups is 1. The van der Waals surface area contributed by atoms with Crippen LogP contribution in [0.15, 0.2) is 71.8 Å². The molecule has 0 aliphatic rings. The summed E-state index contributed by atoms with van der Waals surface area (Å²) in [6.07, 6.45) is 3.20. The van der Waals surface area contributed by atoms with E-state index in [0.29, 0.717) is 28.4 Å². The summed E-state index contributed by atoms with van der Waals surface area (Å²) in [7, 11) is 3.06. The molecule has 0 radical (unpaired) electrons. The van der Waals surface area contributed by atoms with Gasteiger partial charge in [0.05, 0.1) is 19.9 Å². The highest BCUT2D eigenvalue weighted by molar-refractivity contribution is 5.91. The second kappa shape index (κ2) is 8.12. The van der Waals surface area contributed by atoms with Crippen LogP contribution in [0.2, 0.25) is 0 Å². The number of anilines is 1. The van der Waals surface area contributed by atoms with Crippen molar-refractivity contribution in [2.24, 2.45) is 0 Å². The number of methoxy groups -OCH3 is 2. The topological polar surface area (TPSA) is 86.9 Å². The summed E-state index contributed by atoms with van der Waals surface area (Å²) in [5.74, 6) is 0.756. The van der Waals surface area contributed by atoms with Gasteiger partial charge >= 0.3 is 0 Å². The third-order valence-electron chi connectivity index (χ3n) is 4.62. The van der Waals surface area contributed by atoms with Crippen molar-refractivity contribution in [2.75, 3.05) is 19.5 Å².